The van der Waals surface area contributed by atoms with Crippen LogP contribution in [-0.4, -0.2) is 26.8 Å². The highest BCUT2D eigenvalue weighted by molar-refractivity contribution is 6.69. The summed E-state index contributed by atoms with van der Waals surface area (Å²) >= 11 is 5.65. The fourth-order valence-electron chi connectivity index (χ4n) is 1.59. The van der Waals surface area contributed by atoms with Crippen molar-refractivity contribution in [2.45, 2.75) is 25.5 Å². The van der Waals surface area contributed by atoms with Crippen molar-refractivity contribution in [3.8, 4) is 0 Å². The van der Waals surface area contributed by atoms with E-state index in [0.717, 1.165) is 25.9 Å². The molecule has 0 amide bonds. The minimum atomic E-state index is -0.0179. The molecule has 0 radical (unpaired) electrons. The normalized spacial score (nSPS) is 23.0. The molecular formula is C9H12ClN3O2. The van der Waals surface area contributed by atoms with Crippen molar-refractivity contribution in [1.82, 2.24) is 9.78 Å². The molecule has 0 spiro atoms. The zero-order valence-electron chi connectivity index (χ0n) is 8.14. The Balaban J connectivity index is 2.12. The summed E-state index contributed by atoms with van der Waals surface area (Å²) in [6.07, 6.45) is 6.45. The van der Waals surface area contributed by atoms with Crippen LogP contribution in [0.25, 0.3) is 0 Å². The van der Waals surface area contributed by atoms with Gasteiger partial charge in [0.15, 0.2) is 5.17 Å². The van der Waals surface area contributed by atoms with Crippen molar-refractivity contribution in [3.63, 3.8) is 0 Å². The van der Waals surface area contributed by atoms with Gasteiger partial charge in [-0.25, -0.2) is 4.68 Å². The van der Waals surface area contributed by atoms with Crippen LogP contribution in [0.4, 0.5) is 0 Å². The first kappa shape index (κ1) is 10.4. The summed E-state index contributed by atoms with van der Waals surface area (Å²) in [7, 11) is 0. The lowest BCUT2D eigenvalue weighted by Gasteiger charge is -2.22. The van der Waals surface area contributed by atoms with E-state index in [1.165, 1.54) is 0 Å². The molecule has 0 bridgehead atoms. The SMILES string of the molecule is O/N=C(\Cl)c1cnn(C2CCCCO2)c1. The maximum atomic E-state index is 8.50. The summed E-state index contributed by atoms with van der Waals surface area (Å²) in [6, 6.07) is 0. The van der Waals surface area contributed by atoms with Crippen LogP contribution < -0.4 is 0 Å². The molecule has 2 rings (SSSR count). The van der Waals surface area contributed by atoms with E-state index < -0.39 is 0 Å². The molecule has 15 heavy (non-hydrogen) atoms. The third kappa shape index (κ3) is 2.30. The van der Waals surface area contributed by atoms with Gasteiger partial charge >= 0.3 is 0 Å². The monoisotopic (exact) mass is 229 g/mol. The molecule has 1 saturated heterocycles. The maximum Gasteiger partial charge on any atom is 0.178 e. The molecule has 0 aliphatic carbocycles. The molecule has 1 fully saturated rings. The van der Waals surface area contributed by atoms with Crippen molar-refractivity contribution in [3.05, 3.63) is 18.0 Å². The van der Waals surface area contributed by atoms with E-state index in [-0.39, 0.29) is 11.4 Å². The molecule has 1 atom stereocenters. The van der Waals surface area contributed by atoms with E-state index in [1.54, 1.807) is 17.1 Å². The first-order valence-corrected chi connectivity index (χ1v) is 5.23. The minimum Gasteiger partial charge on any atom is -0.410 e. The second kappa shape index (κ2) is 4.63. The van der Waals surface area contributed by atoms with Crippen LogP contribution >= 0.6 is 11.6 Å². The topological polar surface area (TPSA) is 59.6 Å². The van der Waals surface area contributed by atoms with Gasteiger partial charge in [-0.05, 0) is 19.3 Å². The number of aromatic nitrogens is 2. The lowest BCUT2D eigenvalue weighted by atomic mass is 10.2. The lowest BCUT2D eigenvalue weighted by Crippen LogP contribution is -2.18. The fourth-order valence-corrected chi connectivity index (χ4v) is 1.69. The molecule has 1 aromatic heterocycles. The van der Waals surface area contributed by atoms with Crippen LogP contribution in [0.15, 0.2) is 17.5 Å². The average molecular weight is 230 g/mol. The minimum absolute atomic E-state index is 0.0179. The maximum absolute atomic E-state index is 8.50. The van der Waals surface area contributed by atoms with Gasteiger partial charge in [0.05, 0.1) is 11.8 Å². The molecule has 0 aromatic carbocycles. The number of hydrogen-bond acceptors (Lipinski definition) is 4. The Morgan fingerprint density at radius 2 is 2.53 bits per heavy atom. The summed E-state index contributed by atoms with van der Waals surface area (Å²) in [6.45, 7) is 0.766. The van der Waals surface area contributed by atoms with Crippen molar-refractivity contribution >= 4 is 16.8 Å². The summed E-state index contributed by atoms with van der Waals surface area (Å²) in [5.74, 6) is 0. The first-order valence-electron chi connectivity index (χ1n) is 4.85. The summed E-state index contributed by atoms with van der Waals surface area (Å²) in [5, 5.41) is 15.6. The highest BCUT2D eigenvalue weighted by Gasteiger charge is 2.17. The molecular weight excluding hydrogens is 218 g/mol. The molecule has 2 heterocycles. The van der Waals surface area contributed by atoms with Gasteiger partial charge in [-0.2, -0.15) is 5.10 Å². The molecule has 1 aromatic rings. The number of hydrogen-bond donors (Lipinski definition) is 1. The summed E-state index contributed by atoms with van der Waals surface area (Å²) < 4.78 is 7.26. The molecule has 1 unspecified atom stereocenters. The van der Waals surface area contributed by atoms with E-state index >= 15 is 0 Å². The van der Waals surface area contributed by atoms with Crippen molar-refractivity contribution in [2.75, 3.05) is 6.61 Å². The van der Waals surface area contributed by atoms with Crippen LogP contribution in [0, 0.1) is 0 Å². The summed E-state index contributed by atoms with van der Waals surface area (Å²) in [4.78, 5) is 0. The Morgan fingerprint density at radius 3 is 3.20 bits per heavy atom. The Hall–Kier alpha value is -1.07. The van der Waals surface area contributed by atoms with Gasteiger partial charge in [-0.1, -0.05) is 16.8 Å². The lowest BCUT2D eigenvalue weighted by molar-refractivity contribution is -0.0394. The highest BCUT2D eigenvalue weighted by Crippen LogP contribution is 2.22. The van der Waals surface area contributed by atoms with Gasteiger partial charge in [-0.15, -0.1) is 0 Å². The third-order valence-electron chi connectivity index (χ3n) is 2.38. The first-order chi connectivity index (χ1) is 7.31. The number of oxime groups is 1. The second-order valence-corrected chi connectivity index (χ2v) is 3.78. The van der Waals surface area contributed by atoms with E-state index in [1.807, 2.05) is 0 Å². The molecule has 6 heteroatoms. The van der Waals surface area contributed by atoms with Gasteiger partial charge in [0.1, 0.15) is 6.23 Å². The molecule has 82 valence electrons. The van der Waals surface area contributed by atoms with Crippen LogP contribution in [0.2, 0.25) is 0 Å². The Bertz CT molecular complexity index is 358. The van der Waals surface area contributed by atoms with Crippen molar-refractivity contribution in [2.24, 2.45) is 5.16 Å². The number of nitrogens with zero attached hydrogens (tertiary/aromatic N) is 3. The van der Waals surface area contributed by atoms with E-state index in [2.05, 4.69) is 10.3 Å². The number of halogens is 1. The Morgan fingerprint density at radius 1 is 1.67 bits per heavy atom. The van der Waals surface area contributed by atoms with Gasteiger partial charge in [0.2, 0.25) is 0 Å². The quantitative estimate of drug-likeness (QED) is 0.479. The molecule has 5 nitrogen and oxygen atoms in total. The van der Waals surface area contributed by atoms with Crippen LogP contribution in [0.5, 0.6) is 0 Å². The van der Waals surface area contributed by atoms with E-state index in [9.17, 15) is 0 Å². The van der Waals surface area contributed by atoms with Gasteiger partial charge in [0.25, 0.3) is 0 Å². The Labute approximate surface area is 92.3 Å². The van der Waals surface area contributed by atoms with Crippen LogP contribution in [-0.2, 0) is 4.74 Å². The van der Waals surface area contributed by atoms with Crippen molar-refractivity contribution < 1.29 is 9.94 Å². The number of rotatable bonds is 2. The zero-order chi connectivity index (χ0) is 10.7. The molecule has 1 aliphatic rings. The predicted molar refractivity (Wildman–Crippen MR) is 55.2 cm³/mol. The van der Waals surface area contributed by atoms with Gasteiger partial charge in [0, 0.05) is 12.8 Å². The Kier molecular flexibility index (Phi) is 3.23. The average Bonchev–Trinajstić information content (AvgIpc) is 2.78. The van der Waals surface area contributed by atoms with Gasteiger partial charge in [-0.3, -0.25) is 0 Å². The second-order valence-electron chi connectivity index (χ2n) is 3.42. The smallest absolute Gasteiger partial charge is 0.178 e. The highest BCUT2D eigenvalue weighted by atomic mass is 35.5. The molecule has 0 saturated carbocycles. The largest absolute Gasteiger partial charge is 0.410 e. The van der Waals surface area contributed by atoms with E-state index in [4.69, 9.17) is 21.5 Å². The van der Waals surface area contributed by atoms with Crippen LogP contribution in [0.3, 0.4) is 0 Å². The van der Waals surface area contributed by atoms with Crippen LogP contribution in [0.1, 0.15) is 31.1 Å². The zero-order valence-corrected chi connectivity index (χ0v) is 8.89. The number of ether oxygens (including phenoxy) is 1. The predicted octanol–water partition coefficient (Wildman–Crippen LogP) is 1.96. The molecule has 1 N–H and O–H groups in total. The molecule has 1 aliphatic heterocycles. The van der Waals surface area contributed by atoms with Crippen molar-refractivity contribution in [1.29, 1.82) is 0 Å². The van der Waals surface area contributed by atoms with E-state index in [0.29, 0.717) is 5.56 Å². The fraction of sp³-hybridized carbons (Fsp3) is 0.556. The third-order valence-corrected chi connectivity index (χ3v) is 2.67. The van der Waals surface area contributed by atoms with Gasteiger partial charge < -0.3 is 9.94 Å². The standard InChI is InChI=1S/C9H12ClN3O2/c10-9(12-14)7-5-11-13(6-7)8-3-1-2-4-15-8/h5-6,8,14H,1-4H2/b12-9-. The summed E-state index contributed by atoms with van der Waals surface area (Å²) in [5.41, 5.74) is 0.591.